The number of carbonyl (C=O) groups excluding carboxylic acids is 3. The third-order valence-electron chi connectivity index (χ3n) is 5.66. The lowest BCUT2D eigenvalue weighted by atomic mass is 9.98. The Morgan fingerprint density at radius 3 is 2.66 bits per heavy atom. The number of carbonyl (C=O) groups is 3. The van der Waals surface area contributed by atoms with Crippen molar-refractivity contribution in [2.24, 2.45) is 5.92 Å². The molecule has 1 aromatic carbocycles. The van der Waals surface area contributed by atoms with Crippen LogP contribution in [0.3, 0.4) is 0 Å². The Morgan fingerprint density at radius 2 is 1.94 bits per heavy atom. The summed E-state index contributed by atoms with van der Waals surface area (Å²) in [6, 6.07) is 6.98. The summed E-state index contributed by atoms with van der Waals surface area (Å²) >= 11 is 0. The number of unbranched alkanes of at least 4 members (excludes halogenated alkanes) is 1. The Morgan fingerprint density at radius 1 is 1.17 bits per heavy atom. The molecule has 0 spiro atoms. The predicted molar refractivity (Wildman–Crippen MR) is 137 cm³/mol. The van der Waals surface area contributed by atoms with Gasteiger partial charge < -0.3 is 25.5 Å². The maximum atomic E-state index is 13.1. The zero-order valence-corrected chi connectivity index (χ0v) is 20.4. The van der Waals surface area contributed by atoms with Crippen LogP contribution < -0.4 is 10.6 Å². The number of aliphatic hydroxyl groups excluding tert-OH is 1. The SMILES string of the molecule is C=CCCCC(=O)OCC(Cc1c[nH]c2ccccc12)NC(=O)C(CC=C)CC(=O)NC(C)CO. The number of ether oxygens (including phenoxy) is 1. The molecule has 8 heteroatoms. The Kier molecular flexibility index (Phi) is 11.8. The maximum Gasteiger partial charge on any atom is 0.305 e. The van der Waals surface area contributed by atoms with E-state index < -0.39 is 18.0 Å². The van der Waals surface area contributed by atoms with E-state index in [0.29, 0.717) is 19.3 Å². The van der Waals surface area contributed by atoms with Gasteiger partial charge in [0.1, 0.15) is 6.61 Å². The summed E-state index contributed by atoms with van der Waals surface area (Å²) in [6.45, 7) is 8.87. The van der Waals surface area contributed by atoms with Crippen molar-refractivity contribution >= 4 is 28.7 Å². The first kappa shape index (κ1) is 27.9. The third kappa shape index (κ3) is 9.41. The molecule has 0 aliphatic heterocycles. The van der Waals surface area contributed by atoms with Crippen LogP contribution in [0.1, 0.15) is 44.6 Å². The number of fused-ring (bicyclic) bond motifs is 1. The molecule has 0 saturated carbocycles. The van der Waals surface area contributed by atoms with Gasteiger partial charge in [0.2, 0.25) is 11.8 Å². The molecule has 4 N–H and O–H groups in total. The summed E-state index contributed by atoms with van der Waals surface area (Å²) in [5.74, 6) is -1.60. The number of rotatable bonds is 16. The van der Waals surface area contributed by atoms with Gasteiger partial charge in [-0.1, -0.05) is 30.4 Å². The fourth-order valence-electron chi connectivity index (χ4n) is 3.78. The first-order chi connectivity index (χ1) is 16.9. The normalized spacial score (nSPS) is 13.4. The number of aliphatic hydroxyl groups is 1. The zero-order chi connectivity index (χ0) is 25.6. The number of esters is 1. The Balaban J connectivity index is 2.11. The van der Waals surface area contributed by atoms with Crippen molar-refractivity contribution in [1.82, 2.24) is 15.6 Å². The first-order valence-corrected chi connectivity index (χ1v) is 12.0. The van der Waals surface area contributed by atoms with Crippen molar-refractivity contribution in [3.05, 3.63) is 61.3 Å². The Hall–Kier alpha value is -3.39. The summed E-state index contributed by atoms with van der Waals surface area (Å²) in [6.07, 6.45) is 7.63. The van der Waals surface area contributed by atoms with E-state index in [1.54, 1.807) is 19.1 Å². The minimum atomic E-state index is -0.632. The van der Waals surface area contributed by atoms with Gasteiger partial charge in [-0.2, -0.15) is 0 Å². The van der Waals surface area contributed by atoms with E-state index in [-0.39, 0.29) is 43.8 Å². The molecular weight excluding hydrogens is 446 g/mol. The van der Waals surface area contributed by atoms with Crippen LogP contribution in [0.4, 0.5) is 0 Å². The second kappa shape index (κ2) is 14.8. The van der Waals surface area contributed by atoms with Crippen molar-refractivity contribution in [2.45, 2.75) is 57.5 Å². The maximum absolute atomic E-state index is 13.1. The number of aromatic nitrogens is 1. The molecule has 1 heterocycles. The molecule has 8 nitrogen and oxygen atoms in total. The molecule has 0 saturated heterocycles. The van der Waals surface area contributed by atoms with Gasteiger partial charge in [0.25, 0.3) is 0 Å². The molecule has 0 fully saturated rings. The fraction of sp³-hybridized carbons (Fsp3) is 0.444. The molecule has 190 valence electrons. The van der Waals surface area contributed by atoms with E-state index in [4.69, 9.17) is 9.84 Å². The fourth-order valence-corrected chi connectivity index (χ4v) is 3.78. The molecular formula is C27H37N3O5. The van der Waals surface area contributed by atoms with Crippen LogP contribution in [-0.2, 0) is 25.5 Å². The quantitative estimate of drug-likeness (QED) is 0.166. The number of aromatic amines is 1. The lowest BCUT2D eigenvalue weighted by Gasteiger charge is -2.22. The average molecular weight is 484 g/mol. The molecule has 0 radical (unpaired) electrons. The van der Waals surface area contributed by atoms with E-state index in [0.717, 1.165) is 22.9 Å². The number of H-pyrrole nitrogens is 1. The number of hydrogen-bond donors (Lipinski definition) is 4. The minimum absolute atomic E-state index is 0.0206. The number of allylic oxidation sites excluding steroid dienone is 2. The molecule has 0 aliphatic rings. The highest BCUT2D eigenvalue weighted by Gasteiger charge is 2.25. The number of benzene rings is 1. The predicted octanol–water partition coefficient (Wildman–Crippen LogP) is 3.17. The molecule has 3 unspecified atom stereocenters. The molecule has 3 atom stereocenters. The number of para-hydroxylation sites is 1. The van der Waals surface area contributed by atoms with Crippen molar-refractivity contribution in [1.29, 1.82) is 0 Å². The number of amides is 2. The molecule has 2 amide bonds. The van der Waals surface area contributed by atoms with E-state index in [1.165, 1.54) is 0 Å². The highest BCUT2D eigenvalue weighted by molar-refractivity contribution is 5.86. The van der Waals surface area contributed by atoms with Crippen LogP contribution in [0.2, 0.25) is 0 Å². The molecule has 2 rings (SSSR count). The van der Waals surface area contributed by atoms with Crippen molar-refractivity contribution in [2.75, 3.05) is 13.2 Å². The van der Waals surface area contributed by atoms with Gasteiger partial charge >= 0.3 is 5.97 Å². The molecule has 2 aromatic rings. The van der Waals surface area contributed by atoms with E-state index >= 15 is 0 Å². The van der Waals surface area contributed by atoms with Crippen molar-refractivity contribution in [3.63, 3.8) is 0 Å². The first-order valence-electron chi connectivity index (χ1n) is 12.0. The van der Waals surface area contributed by atoms with Gasteiger partial charge in [-0.15, -0.1) is 13.2 Å². The second-order valence-corrected chi connectivity index (χ2v) is 8.71. The smallest absolute Gasteiger partial charge is 0.305 e. The Labute approximate surface area is 206 Å². The summed E-state index contributed by atoms with van der Waals surface area (Å²) < 4.78 is 5.48. The highest BCUT2D eigenvalue weighted by Crippen LogP contribution is 2.20. The second-order valence-electron chi connectivity index (χ2n) is 8.71. The van der Waals surface area contributed by atoms with Crippen LogP contribution in [0, 0.1) is 5.92 Å². The third-order valence-corrected chi connectivity index (χ3v) is 5.66. The number of hydrogen-bond acceptors (Lipinski definition) is 5. The summed E-state index contributed by atoms with van der Waals surface area (Å²) in [5, 5.41) is 15.8. The summed E-state index contributed by atoms with van der Waals surface area (Å²) in [7, 11) is 0. The van der Waals surface area contributed by atoms with Crippen LogP contribution in [0.25, 0.3) is 10.9 Å². The summed E-state index contributed by atoms with van der Waals surface area (Å²) in [4.78, 5) is 40.8. The highest BCUT2D eigenvalue weighted by atomic mass is 16.5. The monoisotopic (exact) mass is 483 g/mol. The van der Waals surface area contributed by atoms with E-state index in [9.17, 15) is 14.4 Å². The van der Waals surface area contributed by atoms with Crippen LogP contribution in [-0.4, -0.2) is 53.2 Å². The lowest BCUT2D eigenvalue weighted by Crippen LogP contribution is -2.45. The topological polar surface area (TPSA) is 121 Å². The standard InChI is InChI=1S/C27H37N3O5/c1-4-6-7-13-26(33)35-18-22(14-21-16-28-24-12-9-8-11-23(21)24)30-27(34)20(10-5-2)15-25(32)29-19(3)17-31/h4-5,8-9,11-12,16,19-20,22,28,31H,1-2,6-7,10,13-15,17-18H2,3H3,(H,29,32)(H,30,34). The van der Waals surface area contributed by atoms with Crippen LogP contribution >= 0.6 is 0 Å². The van der Waals surface area contributed by atoms with Gasteiger partial charge in [-0.25, -0.2) is 0 Å². The largest absolute Gasteiger partial charge is 0.463 e. The van der Waals surface area contributed by atoms with Crippen molar-refractivity contribution < 1.29 is 24.2 Å². The zero-order valence-electron chi connectivity index (χ0n) is 20.4. The van der Waals surface area contributed by atoms with Gasteiger partial charge in [-0.05, 0) is 44.2 Å². The van der Waals surface area contributed by atoms with Crippen molar-refractivity contribution in [3.8, 4) is 0 Å². The molecule has 0 aliphatic carbocycles. The van der Waals surface area contributed by atoms with Gasteiger partial charge in [-0.3, -0.25) is 14.4 Å². The Bertz CT molecular complexity index is 1000. The lowest BCUT2D eigenvalue weighted by molar-refractivity contribution is -0.145. The van der Waals surface area contributed by atoms with E-state index in [1.807, 2.05) is 30.5 Å². The molecule has 0 bridgehead atoms. The van der Waals surface area contributed by atoms with Gasteiger partial charge in [0, 0.05) is 36.0 Å². The van der Waals surface area contributed by atoms with Crippen LogP contribution in [0.15, 0.2) is 55.8 Å². The van der Waals surface area contributed by atoms with E-state index in [2.05, 4.69) is 28.8 Å². The molecule has 35 heavy (non-hydrogen) atoms. The summed E-state index contributed by atoms with van der Waals surface area (Å²) in [5.41, 5.74) is 1.97. The minimum Gasteiger partial charge on any atom is -0.463 e. The number of nitrogens with one attached hydrogen (secondary N) is 3. The van der Waals surface area contributed by atoms with Crippen LogP contribution in [0.5, 0.6) is 0 Å². The average Bonchev–Trinajstić information content (AvgIpc) is 3.25. The molecule has 1 aromatic heterocycles. The van der Waals surface area contributed by atoms with Gasteiger partial charge in [0.05, 0.1) is 18.6 Å². The van der Waals surface area contributed by atoms with Gasteiger partial charge in [0.15, 0.2) is 0 Å².